The summed E-state index contributed by atoms with van der Waals surface area (Å²) < 4.78 is 7.85. The Morgan fingerprint density at radius 1 is 1.03 bits per heavy atom. The van der Waals surface area contributed by atoms with E-state index >= 15 is 0 Å². The highest BCUT2D eigenvalue weighted by molar-refractivity contribution is 7.99. The highest BCUT2D eigenvalue weighted by Gasteiger charge is 2.22. The van der Waals surface area contributed by atoms with Crippen LogP contribution in [-0.4, -0.2) is 32.5 Å². The lowest BCUT2D eigenvalue weighted by atomic mass is 10.2. The minimum atomic E-state index is -0.00858. The number of carbonyl (C=O) groups excluding carboxylic acids is 1. The summed E-state index contributed by atoms with van der Waals surface area (Å²) in [6.07, 6.45) is 0. The topological polar surface area (TPSA) is 60.2 Å². The molecule has 0 spiro atoms. The van der Waals surface area contributed by atoms with Gasteiger partial charge in [-0.1, -0.05) is 65.3 Å². The van der Waals surface area contributed by atoms with E-state index in [-0.39, 0.29) is 24.3 Å². The summed E-state index contributed by atoms with van der Waals surface area (Å²) in [5.74, 6) is 1.29. The highest BCUT2D eigenvalue weighted by Crippen LogP contribution is 2.29. The third-order valence-corrected chi connectivity index (χ3v) is 6.80. The Kier molecular flexibility index (Phi) is 8.56. The van der Waals surface area contributed by atoms with E-state index in [4.69, 9.17) is 27.9 Å². The second-order valence-corrected chi connectivity index (χ2v) is 10.2. The molecule has 0 bridgehead atoms. The van der Waals surface area contributed by atoms with Crippen LogP contribution in [0, 0.1) is 6.92 Å². The van der Waals surface area contributed by atoms with Crippen LogP contribution >= 0.6 is 35.0 Å². The van der Waals surface area contributed by atoms with Crippen molar-refractivity contribution in [1.29, 1.82) is 0 Å². The SMILES string of the molecule is Cc1cccc(-n2c(COc3ccc(Cl)cc3Cl)nnc2SCC(=O)N(c2ccccc2)C(C)C)c1. The molecule has 1 amide bonds. The van der Waals surface area contributed by atoms with E-state index in [0.29, 0.717) is 26.8 Å². The van der Waals surface area contributed by atoms with Gasteiger partial charge >= 0.3 is 0 Å². The molecule has 0 saturated carbocycles. The molecule has 0 saturated heterocycles. The van der Waals surface area contributed by atoms with Crippen LogP contribution in [0.3, 0.4) is 0 Å². The predicted octanol–water partition coefficient (Wildman–Crippen LogP) is 7.00. The number of nitrogens with zero attached hydrogens (tertiary/aromatic N) is 4. The van der Waals surface area contributed by atoms with Crippen LogP contribution in [0.4, 0.5) is 5.69 Å². The smallest absolute Gasteiger partial charge is 0.237 e. The van der Waals surface area contributed by atoms with E-state index in [2.05, 4.69) is 10.2 Å². The highest BCUT2D eigenvalue weighted by atomic mass is 35.5. The number of hydrogen-bond acceptors (Lipinski definition) is 5. The van der Waals surface area contributed by atoms with Gasteiger partial charge in [-0.25, -0.2) is 0 Å². The summed E-state index contributed by atoms with van der Waals surface area (Å²) in [6.45, 7) is 6.16. The Bertz CT molecular complexity index is 1340. The number of anilines is 1. The lowest BCUT2D eigenvalue weighted by molar-refractivity contribution is -0.116. The Balaban J connectivity index is 1.58. The number of rotatable bonds is 9. The monoisotopic (exact) mass is 540 g/mol. The van der Waals surface area contributed by atoms with Gasteiger partial charge in [-0.15, -0.1) is 10.2 Å². The van der Waals surface area contributed by atoms with Gasteiger partial charge in [0.05, 0.1) is 10.8 Å². The number of hydrogen-bond donors (Lipinski definition) is 0. The van der Waals surface area contributed by atoms with Gasteiger partial charge in [-0.05, 0) is 68.8 Å². The first-order chi connectivity index (χ1) is 17.3. The molecule has 0 fully saturated rings. The second kappa shape index (κ2) is 11.8. The van der Waals surface area contributed by atoms with Gasteiger partial charge in [-0.2, -0.15) is 0 Å². The summed E-state index contributed by atoms with van der Waals surface area (Å²) in [6, 6.07) is 22.8. The molecule has 6 nitrogen and oxygen atoms in total. The van der Waals surface area contributed by atoms with Gasteiger partial charge in [0.1, 0.15) is 12.4 Å². The van der Waals surface area contributed by atoms with Crippen molar-refractivity contribution < 1.29 is 9.53 Å². The molecule has 3 aromatic carbocycles. The van der Waals surface area contributed by atoms with Crippen molar-refractivity contribution in [3.8, 4) is 11.4 Å². The van der Waals surface area contributed by atoms with Gasteiger partial charge in [0.15, 0.2) is 11.0 Å². The maximum absolute atomic E-state index is 13.2. The first kappa shape index (κ1) is 26.1. The molecule has 186 valence electrons. The van der Waals surface area contributed by atoms with Gasteiger partial charge in [0.2, 0.25) is 5.91 Å². The van der Waals surface area contributed by atoms with Crippen molar-refractivity contribution in [2.45, 2.75) is 38.6 Å². The molecular formula is C27H26Cl2N4O2S. The van der Waals surface area contributed by atoms with Gasteiger partial charge in [-0.3, -0.25) is 9.36 Å². The van der Waals surface area contributed by atoms with Crippen molar-refractivity contribution in [2.24, 2.45) is 0 Å². The van der Waals surface area contributed by atoms with Crippen molar-refractivity contribution in [3.63, 3.8) is 0 Å². The Morgan fingerprint density at radius 2 is 1.81 bits per heavy atom. The largest absolute Gasteiger partial charge is 0.484 e. The van der Waals surface area contributed by atoms with Crippen LogP contribution in [0.5, 0.6) is 5.75 Å². The van der Waals surface area contributed by atoms with Crippen molar-refractivity contribution in [1.82, 2.24) is 14.8 Å². The molecule has 0 radical (unpaired) electrons. The molecule has 0 aliphatic carbocycles. The van der Waals surface area contributed by atoms with Gasteiger partial charge < -0.3 is 9.64 Å². The molecule has 1 heterocycles. The number of aromatic nitrogens is 3. The number of ether oxygens (including phenoxy) is 1. The Labute approximate surface area is 225 Å². The van der Waals surface area contributed by atoms with E-state index in [1.54, 1.807) is 23.1 Å². The third-order valence-electron chi connectivity index (χ3n) is 5.36. The quantitative estimate of drug-likeness (QED) is 0.214. The molecule has 36 heavy (non-hydrogen) atoms. The molecule has 9 heteroatoms. The first-order valence-electron chi connectivity index (χ1n) is 11.4. The number of carbonyl (C=O) groups is 1. The number of aryl methyl sites for hydroxylation is 1. The first-order valence-corrected chi connectivity index (χ1v) is 13.2. The predicted molar refractivity (Wildman–Crippen MR) is 147 cm³/mol. The maximum Gasteiger partial charge on any atom is 0.237 e. The Hall–Kier alpha value is -3.00. The molecular weight excluding hydrogens is 515 g/mol. The van der Waals surface area contributed by atoms with E-state index in [1.807, 2.05) is 79.9 Å². The van der Waals surface area contributed by atoms with Crippen molar-refractivity contribution >= 4 is 46.6 Å². The standard InChI is InChI=1S/C27H26Cl2N4O2S/c1-18(2)32(21-9-5-4-6-10-21)26(34)17-36-27-31-30-25(33(27)22-11-7-8-19(3)14-22)16-35-24-13-12-20(28)15-23(24)29/h4-15,18H,16-17H2,1-3H3. The third kappa shape index (κ3) is 6.22. The summed E-state index contributed by atoms with van der Waals surface area (Å²) >= 11 is 13.6. The van der Waals surface area contributed by atoms with Crippen LogP contribution in [0.2, 0.25) is 10.0 Å². The number of thioether (sulfide) groups is 1. The van der Waals surface area contributed by atoms with E-state index in [1.165, 1.54) is 11.8 Å². The van der Waals surface area contributed by atoms with Crippen LogP contribution in [0.15, 0.2) is 78.0 Å². The summed E-state index contributed by atoms with van der Waals surface area (Å²) in [5, 5.41) is 10.3. The van der Waals surface area contributed by atoms with E-state index in [9.17, 15) is 4.79 Å². The zero-order valence-corrected chi connectivity index (χ0v) is 22.5. The molecule has 0 aliphatic rings. The molecule has 0 N–H and O–H groups in total. The van der Waals surface area contributed by atoms with Crippen molar-refractivity contribution in [2.75, 3.05) is 10.7 Å². The van der Waals surface area contributed by atoms with E-state index < -0.39 is 0 Å². The van der Waals surface area contributed by atoms with E-state index in [0.717, 1.165) is 16.9 Å². The fourth-order valence-corrected chi connectivity index (χ4v) is 5.06. The molecule has 4 rings (SSSR count). The maximum atomic E-state index is 13.2. The van der Waals surface area contributed by atoms with Gasteiger partial charge in [0, 0.05) is 22.4 Å². The lowest BCUT2D eigenvalue weighted by Gasteiger charge is -2.26. The number of halogens is 2. The number of para-hydroxylation sites is 1. The number of benzene rings is 3. The van der Waals surface area contributed by atoms with Crippen LogP contribution in [-0.2, 0) is 11.4 Å². The molecule has 1 aromatic heterocycles. The average Bonchev–Trinajstić information content (AvgIpc) is 3.25. The summed E-state index contributed by atoms with van der Waals surface area (Å²) in [7, 11) is 0. The Morgan fingerprint density at radius 3 is 2.50 bits per heavy atom. The zero-order valence-electron chi connectivity index (χ0n) is 20.2. The fourth-order valence-electron chi connectivity index (χ4n) is 3.76. The lowest BCUT2D eigenvalue weighted by Crippen LogP contribution is -2.38. The van der Waals surface area contributed by atoms with Crippen LogP contribution < -0.4 is 9.64 Å². The zero-order chi connectivity index (χ0) is 25.7. The minimum absolute atomic E-state index is 0.00858. The normalized spacial score (nSPS) is 11.1. The molecule has 0 atom stereocenters. The molecule has 0 unspecified atom stereocenters. The summed E-state index contributed by atoms with van der Waals surface area (Å²) in [5.41, 5.74) is 2.85. The van der Waals surface area contributed by atoms with Crippen LogP contribution in [0.1, 0.15) is 25.2 Å². The summed E-state index contributed by atoms with van der Waals surface area (Å²) in [4.78, 5) is 15.0. The fraction of sp³-hybridized carbons (Fsp3) is 0.222. The van der Waals surface area contributed by atoms with Crippen molar-refractivity contribution in [3.05, 3.63) is 94.2 Å². The molecule has 4 aromatic rings. The van der Waals surface area contributed by atoms with Crippen LogP contribution in [0.25, 0.3) is 5.69 Å². The number of amides is 1. The minimum Gasteiger partial charge on any atom is -0.484 e. The average molecular weight is 542 g/mol. The second-order valence-electron chi connectivity index (χ2n) is 8.42. The molecule has 0 aliphatic heterocycles. The van der Waals surface area contributed by atoms with Gasteiger partial charge in [0.25, 0.3) is 0 Å².